The Morgan fingerprint density at radius 3 is 2.35 bits per heavy atom. The van der Waals surface area contributed by atoms with Crippen molar-refractivity contribution in [3.05, 3.63) is 29.8 Å². The third-order valence-corrected chi connectivity index (χ3v) is 3.17. The van der Waals surface area contributed by atoms with E-state index in [1.54, 1.807) is 7.11 Å². The van der Waals surface area contributed by atoms with E-state index in [1.165, 1.54) is 5.56 Å². The second-order valence-electron chi connectivity index (χ2n) is 5.33. The summed E-state index contributed by atoms with van der Waals surface area (Å²) in [6.07, 6.45) is 0.209. The molecule has 0 spiro atoms. The number of nitrogens with one attached hydrogen (secondary N) is 1. The highest BCUT2D eigenvalue weighted by atomic mass is 16.5. The predicted molar refractivity (Wildman–Crippen MR) is 83.4 cm³/mol. The lowest BCUT2D eigenvalue weighted by Crippen LogP contribution is -2.33. The average Bonchev–Trinajstić information content (AvgIpc) is 2.43. The smallest absolute Gasteiger partial charge is 0.119 e. The molecule has 1 aromatic rings. The average molecular weight is 280 g/mol. The molecule has 114 valence electrons. The molecule has 1 unspecified atom stereocenters. The van der Waals surface area contributed by atoms with Gasteiger partial charge in [0.2, 0.25) is 0 Å². The molecule has 0 aliphatic carbocycles. The van der Waals surface area contributed by atoms with Crippen LogP contribution in [0.25, 0.3) is 0 Å². The molecule has 0 aromatic heterocycles. The number of hydrogen-bond donors (Lipinski definition) is 1. The van der Waals surface area contributed by atoms with Gasteiger partial charge in [0, 0.05) is 26.2 Å². The summed E-state index contributed by atoms with van der Waals surface area (Å²) < 4.78 is 10.8. The maximum Gasteiger partial charge on any atom is 0.119 e. The van der Waals surface area contributed by atoms with Crippen molar-refractivity contribution in [3.8, 4) is 5.75 Å². The summed E-state index contributed by atoms with van der Waals surface area (Å²) in [6, 6.07) is 8.64. The van der Waals surface area contributed by atoms with E-state index in [1.807, 2.05) is 33.0 Å². The number of nitrogens with zero attached hydrogens (tertiary/aromatic N) is 1. The van der Waals surface area contributed by atoms with Gasteiger partial charge >= 0.3 is 0 Å². The fourth-order valence-electron chi connectivity index (χ4n) is 2.06. The van der Waals surface area contributed by atoms with Gasteiger partial charge in [-0.25, -0.2) is 0 Å². The Balaban J connectivity index is 2.60. The van der Waals surface area contributed by atoms with Crippen LogP contribution in [0.4, 0.5) is 0 Å². The van der Waals surface area contributed by atoms with E-state index in [0.717, 1.165) is 25.4 Å². The summed E-state index contributed by atoms with van der Waals surface area (Å²) in [5, 5.41) is 3.36. The number of ether oxygens (including phenoxy) is 2. The van der Waals surface area contributed by atoms with E-state index in [2.05, 4.69) is 29.4 Å². The van der Waals surface area contributed by atoms with Gasteiger partial charge in [-0.15, -0.1) is 0 Å². The summed E-state index contributed by atoms with van der Waals surface area (Å²) in [5.74, 6) is 0.923. The monoisotopic (exact) mass is 280 g/mol. The molecule has 0 heterocycles. The van der Waals surface area contributed by atoms with Crippen LogP contribution in [-0.2, 0) is 4.74 Å². The molecule has 4 heteroatoms. The minimum Gasteiger partial charge on any atom is -0.491 e. The fraction of sp³-hybridized carbons (Fsp3) is 0.625. The molecule has 0 aliphatic heterocycles. The molecule has 0 fully saturated rings. The number of methoxy groups -OCH3 is 1. The molecule has 0 saturated heterocycles. The van der Waals surface area contributed by atoms with Crippen molar-refractivity contribution in [2.75, 3.05) is 40.9 Å². The van der Waals surface area contributed by atoms with Gasteiger partial charge in [-0.2, -0.15) is 0 Å². The number of likely N-dealkylation sites (N-methyl/N-ethyl adjacent to an activating group) is 2. The standard InChI is InChI=1S/C16H28N2O2/c1-13(2)20-15-8-6-14(7-9-15)16(17-3)12-18(4)10-11-19-5/h6-9,13,16-17H,10-12H2,1-5H3. The van der Waals surface area contributed by atoms with E-state index in [9.17, 15) is 0 Å². The van der Waals surface area contributed by atoms with E-state index in [4.69, 9.17) is 9.47 Å². The van der Waals surface area contributed by atoms with Crippen LogP contribution in [0.1, 0.15) is 25.5 Å². The van der Waals surface area contributed by atoms with Crippen LogP contribution in [0.2, 0.25) is 0 Å². The molecule has 20 heavy (non-hydrogen) atoms. The highest BCUT2D eigenvalue weighted by Crippen LogP contribution is 2.19. The van der Waals surface area contributed by atoms with Gasteiger partial charge in [0.25, 0.3) is 0 Å². The van der Waals surface area contributed by atoms with Crippen LogP contribution in [0.3, 0.4) is 0 Å². The van der Waals surface area contributed by atoms with Gasteiger partial charge in [-0.1, -0.05) is 12.1 Å². The molecule has 1 N–H and O–H groups in total. The van der Waals surface area contributed by atoms with Crippen LogP contribution in [0, 0.1) is 0 Å². The zero-order valence-corrected chi connectivity index (χ0v) is 13.3. The fourth-order valence-corrected chi connectivity index (χ4v) is 2.06. The van der Waals surface area contributed by atoms with Crippen LogP contribution in [0.5, 0.6) is 5.75 Å². The molecular weight excluding hydrogens is 252 g/mol. The van der Waals surface area contributed by atoms with Crippen LogP contribution in [0.15, 0.2) is 24.3 Å². The summed E-state index contributed by atoms with van der Waals surface area (Å²) in [5.41, 5.74) is 1.27. The molecule has 0 aliphatic rings. The topological polar surface area (TPSA) is 33.7 Å². The molecule has 0 bridgehead atoms. The Bertz CT molecular complexity index is 365. The molecule has 0 amide bonds. The van der Waals surface area contributed by atoms with Crippen LogP contribution < -0.4 is 10.1 Å². The number of hydrogen-bond acceptors (Lipinski definition) is 4. The maximum absolute atomic E-state index is 5.67. The zero-order valence-electron chi connectivity index (χ0n) is 13.3. The minimum atomic E-state index is 0.209. The SMILES string of the molecule is CNC(CN(C)CCOC)c1ccc(OC(C)C)cc1. The summed E-state index contributed by atoms with van der Waals surface area (Å²) in [6.45, 7) is 6.71. The zero-order chi connectivity index (χ0) is 15.0. The first kappa shape index (κ1) is 17.0. The lowest BCUT2D eigenvalue weighted by Gasteiger charge is -2.24. The van der Waals surface area contributed by atoms with Gasteiger partial charge in [-0.3, -0.25) is 0 Å². The summed E-state index contributed by atoms with van der Waals surface area (Å²) in [4.78, 5) is 2.27. The maximum atomic E-state index is 5.67. The molecule has 1 atom stereocenters. The van der Waals surface area contributed by atoms with Gasteiger partial charge in [0.05, 0.1) is 12.7 Å². The Hall–Kier alpha value is -1.10. The Labute approximate surface area is 123 Å². The lowest BCUT2D eigenvalue weighted by molar-refractivity contribution is 0.156. The summed E-state index contributed by atoms with van der Waals surface area (Å²) in [7, 11) is 5.84. The molecule has 4 nitrogen and oxygen atoms in total. The highest BCUT2D eigenvalue weighted by Gasteiger charge is 2.12. The van der Waals surface area contributed by atoms with Gasteiger partial charge in [0.1, 0.15) is 5.75 Å². The third-order valence-electron chi connectivity index (χ3n) is 3.17. The van der Waals surface area contributed by atoms with Gasteiger partial charge in [0.15, 0.2) is 0 Å². The van der Waals surface area contributed by atoms with Crippen LogP contribution >= 0.6 is 0 Å². The third kappa shape index (κ3) is 5.90. The van der Waals surface area contributed by atoms with Crippen molar-refractivity contribution >= 4 is 0 Å². The van der Waals surface area contributed by atoms with Crippen molar-refractivity contribution in [1.82, 2.24) is 10.2 Å². The largest absolute Gasteiger partial charge is 0.491 e. The quantitative estimate of drug-likeness (QED) is 0.752. The molecule has 1 aromatic carbocycles. The minimum absolute atomic E-state index is 0.209. The Morgan fingerprint density at radius 2 is 1.85 bits per heavy atom. The number of benzene rings is 1. The van der Waals surface area contributed by atoms with Gasteiger partial charge in [-0.05, 0) is 45.6 Å². The van der Waals surface area contributed by atoms with Crippen molar-refractivity contribution in [1.29, 1.82) is 0 Å². The van der Waals surface area contributed by atoms with Crippen molar-refractivity contribution in [2.24, 2.45) is 0 Å². The van der Waals surface area contributed by atoms with E-state index >= 15 is 0 Å². The molecule has 0 radical (unpaired) electrons. The first-order chi connectivity index (χ1) is 9.56. The molecule has 1 rings (SSSR count). The molecule has 0 saturated carbocycles. The van der Waals surface area contributed by atoms with Crippen molar-refractivity contribution < 1.29 is 9.47 Å². The second-order valence-corrected chi connectivity index (χ2v) is 5.33. The first-order valence-corrected chi connectivity index (χ1v) is 7.18. The predicted octanol–water partition coefficient (Wildman–Crippen LogP) is 2.31. The van der Waals surface area contributed by atoms with E-state index < -0.39 is 0 Å². The van der Waals surface area contributed by atoms with Crippen molar-refractivity contribution in [3.63, 3.8) is 0 Å². The Kier molecular flexibility index (Phi) is 7.59. The molecular formula is C16H28N2O2. The highest BCUT2D eigenvalue weighted by molar-refractivity contribution is 5.29. The normalized spacial score (nSPS) is 12.9. The lowest BCUT2D eigenvalue weighted by atomic mass is 10.1. The first-order valence-electron chi connectivity index (χ1n) is 7.18. The van der Waals surface area contributed by atoms with Crippen molar-refractivity contribution in [2.45, 2.75) is 26.0 Å². The van der Waals surface area contributed by atoms with Crippen LogP contribution in [-0.4, -0.2) is 51.9 Å². The van der Waals surface area contributed by atoms with E-state index in [0.29, 0.717) is 6.04 Å². The summed E-state index contributed by atoms with van der Waals surface area (Å²) >= 11 is 0. The van der Waals surface area contributed by atoms with Gasteiger partial charge < -0.3 is 19.7 Å². The number of rotatable bonds is 9. The second kappa shape index (κ2) is 8.95. The Morgan fingerprint density at radius 1 is 1.20 bits per heavy atom. The van der Waals surface area contributed by atoms with E-state index in [-0.39, 0.29) is 6.10 Å².